The quantitative estimate of drug-likeness (QED) is 0.730. The number of nitrogens with one attached hydrogen (secondary N) is 1. The first kappa shape index (κ1) is 20.2. The van der Waals surface area contributed by atoms with E-state index in [1.807, 2.05) is 26.0 Å². The van der Waals surface area contributed by atoms with Gasteiger partial charge in [-0.2, -0.15) is 0 Å². The molecule has 1 fully saturated rings. The molecule has 7 heteroatoms. The second-order valence-corrected chi connectivity index (χ2v) is 7.52. The highest BCUT2D eigenvalue weighted by Gasteiger charge is 2.55. The molecule has 1 saturated heterocycles. The molecule has 2 aliphatic rings. The molecule has 1 aromatic carbocycles. The van der Waals surface area contributed by atoms with Crippen molar-refractivity contribution in [3.05, 3.63) is 29.8 Å². The van der Waals surface area contributed by atoms with Gasteiger partial charge in [0.15, 0.2) is 5.54 Å². The zero-order valence-corrected chi connectivity index (χ0v) is 16.9. The van der Waals surface area contributed by atoms with E-state index in [4.69, 9.17) is 4.74 Å². The van der Waals surface area contributed by atoms with Gasteiger partial charge in [-0.3, -0.25) is 14.5 Å². The number of para-hydroxylation sites is 1. The van der Waals surface area contributed by atoms with Crippen LogP contribution in [0.5, 0.6) is 5.75 Å². The number of fused-ring (bicyclic) bond motifs is 2. The molecule has 1 spiro atoms. The molecule has 0 aliphatic carbocycles. The van der Waals surface area contributed by atoms with Gasteiger partial charge in [-0.25, -0.2) is 4.79 Å². The van der Waals surface area contributed by atoms with Crippen LogP contribution in [0.3, 0.4) is 0 Å². The lowest BCUT2D eigenvalue weighted by molar-refractivity contribution is -0.140. The number of urea groups is 1. The van der Waals surface area contributed by atoms with E-state index in [0.717, 1.165) is 24.2 Å². The minimum Gasteiger partial charge on any atom is -0.493 e. The van der Waals surface area contributed by atoms with Crippen LogP contribution in [0.25, 0.3) is 0 Å². The summed E-state index contributed by atoms with van der Waals surface area (Å²) in [5, 5.41) is 2.84. The van der Waals surface area contributed by atoms with Crippen LogP contribution in [0.2, 0.25) is 0 Å². The Bertz CT molecular complexity index is 766. The maximum atomic E-state index is 13.3. The van der Waals surface area contributed by atoms with E-state index in [9.17, 15) is 14.4 Å². The van der Waals surface area contributed by atoms with Gasteiger partial charge in [0.1, 0.15) is 12.3 Å². The fourth-order valence-electron chi connectivity index (χ4n) is 3.88. The second kappa shape index (κ2) is 8.20. The van der Waals surface area contributed by atoms with Crippen LogP contribution in [0.4, 0.5) is 4.79 Å². The Labute approximate surface area is 166 Å². The molecule has 2 atom stereocenters. The predicted molar refractivity (Wildman–Crippen MR) is 105 cm³/mol. The van der Waals surface area contributed by atoms with Crippen LogP contribution >= 0.6 is 0 Å². The number of hydrogen-bond acceptors (Lipinski definition) is 4. The van der Waals surface area contributed by atoms with Crippen molar-refractivity contribution >= 4 is 17.8 Å². The van der Waals surface area contributed by atoms with Gasteiger partial charge in [-0.15, -0.1) is 0 Å². The predicted octanol–water partition coefficient (Wildman–Crippen LogP) is 2.64. The molecule has 0 saturated carbocycles. The third-order valence-electron chi connectivity index (χ3n) is 5.75. The van der Waals surface area contributed by atoms with Gasteiger partial charge >= 0.3 is 6.03 Å². The smallest absolute Gasteiger partial charge is 0.325 e. The largest absolute Gasteiger partial charge is 0.493 e. The minimum absolute atomic E-state index is 0.0672. The fraction of sp³-hybridized carbons (Fsp3) is 0.571. The van der Waals surface area contributed by atoms with Crippen LogP contribution in [0, 0.1) is 0 Å². The van der Waals surface area contributed by atoms with E-state index in [1.54, 1.807) is 17.0 Å². The Morgan fingerprint density at radius 1 is 1.32 bits per heavy atom. The Morgan fingerprint density at radius 3 is 2.79 bits per heavy atom. The summed E-state index contributed by atoms with van der Waals surface area (Å²) < 4.78 is 5.64. The van der Waals surface area contributed by atoms with E-state index < -0.39 is 11.6 Å². The molecule has 0 radical (unpaired) electrons. The summed E-state index contributed by atoms with van der Waals surface area (Å²) in [6.45, 7) is 6.83. The van der Waals surface area contributed by atoms with E-state index in [2.05, 4.69) is 12.2 Å². The van der Waals surface area contributed by atoms with Crippen molar-refractivity contribution in [2.24, 2.45) is 0 Å². The normalized spacial score (nSPS) is 21.9. The van der Waals surface area contributed by atoms with Crippen molar-refractivity contribution < 1.29 is 19.1 Å². The van der Waals surface area contributed by atoms with Crippen LogP contribution in [0.15, 0.2) is 24.3 Å². The molecular formula is C21H29N3O4. The van der Waals surface area contributed by atoms with Gasteiger partial charge in [-0.1, -0.05) is 38.5 Å². The zero-order valence-electron chi connectivity index (χ0n) is 16.9. The number of imide groups is 1. The van der Waals surface area contributed by atoms with Gasteiger partial charge in [0.05, 0.1) is 6.61 Å². The molecule has 1 aromatic rings. The second-order valence-electron chi connectivity index (χ2n) is 7.52. The summed E-state index contributed by atoms with van der Waals surface area (Å²) in [5.74, 6) is 0.0321. The van der Waals surface area contributed by atoms with Gasteiger partial charge in [-0.05, 0) is 25.8 Å². The lowest BCUT2D eigenvalue weighted by Crippen LogP contribution is -2.49. The van der Waals surface area contributed by atoms with E-state index in [1.165, 1.54) is 0 Å². The molecule has 28 heavy (non-hydrogen) atoms. The number of ether oxygens (including phenoxy) is 1. The summed E-state index contributed by atoms with van der Waals surface area (Å²) in [6.07, 6.45) is 3.04. The lowest BCUT2D eigenvalue weighted by atomic mass is 9.84. The first-order valence-corrected chi connectivity index (χ1v) is 10.1. The summed E-state index contributed by atoms with van der Waals surface area (Å²) in [6, 6.07) is 6.78. The maximum Gasteiger partial charge on any atom is 0.325 e. The van der Waals surface area contributed by atoms with Gasteiger partial charge < -0.3 is 15.0 Å². The first-order valence-electron chi connectivity index (χ1n) is 10.1. The number of benzene rings is 1. The monoisotopic (exact) mass is 387 g/mol. The van der Waals surface area contributed by atoms with E-state index >= 15 is 0 Å². The van der Waals surface area contributed by atoms with Crippen molar-refractivity contribution in [3.63, 3.8) is 0 Å². The number of nitrogens with zero attached hydrogens (tertiary/aromatic N) is 2. The molecule has 4 amide bonds. The molecule has 0 aromatic heterocycles. The fourth-order valence-corrected chi connectivity index (χ4v) is 3.88. The highest BCUT2D eigenvalue weighted by molar-refractivity contribution is 6.09. The molecular weight excluding hydrogens is 358 g/mol. The summed E-state index contributed by atoms with van der Waals surface area (Å²) >= 11 is 0. The van der Waals surface area contributed by atoms with E-state index in [0.29, 0.717) is 30.9 Å². The topological polar surface area (TPSA) is 79.0 Å². The Kier molecular flexibility index (Phi) is 5.91. The first-order chi connectivity index (χ1) is 13.4. The summed E-state index contributed by atoms with van der Waals surface area (Å²) in [5.41, 5.74) is -0.490. The van der Waals surface area contributed by atoms with Gasteiger partial charge in [0.2, 0.25) is 5.91 Å². The van der Waals surface area contributed by atoms with Crippen molar-refractivity contribution in [2.45, 2.75) is 58.0 Å². The third kappa shape index (κ3) is 3.45. The molecule has 2 unspecified atom stereocenters. The molecule has 1 N–H and O–H groups in total. The van der Waals surface area contributed by atoms with Crippen LogP contribution in [0.1, 0.15) is 52.0 Å². The standard InChI is InChI=1S/C21H29N3O4/c1-4-6-12-23(15(3)5-2)18(25)14-24-19(26)21(22-20(24)27)11-13-28-17-10-8-7-9-16(17)21/h7-10,15H,4-6,11-14H2,1-3H3,(H,22,27). The number of amides is 4. The van der Waals surface area contributed by atoms with Crippen LogP contribution < -0.4 is 10.1 Å². The average molecular weight is 387 g/mol. The highest BCUT2D eigenvalue weighted by Crippen LogP contribution is 2.40. The zero-order chi connectivity index (χ0) is 20.3. The molecule has 7 nitrogen and oxygen atoms in total. The summed E-state index contributed by atoms with van der Waals surface area (Å²) in [4.78, 5) is 41.7. The Morgan fingerprint density at radius 2 is 2.07 bits per heavy atom. The van der Waals surface area contributed by atoms with Crippen LogP contribution in [-0.2, 0) is 15.1 Å². The number of carbonyl (C=O) groups is 3. The van der Waals surface area contributed by atoms with Gasteiger partial charge in [0.25, 0.3) is 5.91 Å². The third-order valence-corrected chi connectivity index (χ3v) is 5.75. The molecule has 0 bridgehead atoms. The molecule has 2 heterocycles. The number of rotatable bonds is 7. The number of unbranched alkanes of at least 4 members (excludes halogenated alkanes) is 1. The Hall–Kier alpha value is -2.57. The minimum atomic E-state index is -1.14. The lowest BCUT2D eigenvalue weighted by Gasteiger charge is -2.33. The summed E-state index contributed by atoms with van der Waals surface area (Å²) in [7, 11) is 0. The van der Waals surface area contributed by atoms with Crippen molar-refractivity contribution in [1.82, 2.24) is 15.1 Å². The van der Waals surface area contributed by atoms with E-state index in [-0.39, 0.29) is 24.4 Å². The Balaban J connectivity index is 1.82. The van der Waals surface area contributed by atoms with Crippen molar-refractivity contribution in [1.29, 1.82) is 0 Å². The average Bonchev–Trinajstić information content (AvgIpc) is 2.93. The van der Waals surface area contributed by atoms with Crippen molar-refractivity contribution in [3.8, 4) is 5.75 Å². The maximum absolute atomic E-state index is 13.3. The SMILES string of the molecule is CCCCN(C(=O)CN1C(=O)NC2(CCOc3ccccc32)C1=O)C(C)CC. The molecule has 2 aliphatic heterocycles. The van der Waals surface area contributed by atoms with Crippen LogP contribution in [-0.4, -0.2) is 53.4 Å². The number of hydrogen-bond donors (Lipinski definition) is 1. The van der Waals surface area contributed by atoms with Gasteiger partial charge in [0, 0.05) is 24.6 Å². The van der Waals surface area contributed by atoms with Crippen molar-refractivity contribution in [2.75, 3.05) is 19.7 Å². The highest BCUT2D eigenvalue weighted by atomic mass is 16.5. The molecule has 3 rings (SSSR count). The number of carbonyl (C=O) groups excluding carboxylic acids is 3. The molecule has 152 valence electrons.